The van der Waals surface area contributed by atoms with Gasteiger partial charge in [0.25, 0.3) is 0 Å². The standard InChI is InChI=1S/C17H24N2O4S2/c1-23-15-4-2-3-14(11-15)18-6-8-19(9-7-18)17(20)12-24-16-5-10-25(21,22)13-16/h2-4,11,16H,5-10,12-13H2,1H3/t16-/m1/s1. The Morgan fingerprint density at radius 2 is 2.04 bits per heavy atom. The summed E-state index contributed by atoms with van der Waals surface area (Å²) in [7, 11) is -1.22. The van der Waals surface area contributed by atoms with Crippen molar-refractivity contribution in [3.63, 3.8) is 0 Å². The largest absolute Gasteiger partial charge is 0.497 e. The first-order chi connectivity index (χ1) is 12.0. The topological polar surface area (TPSA) is 66.9 Å². The molecule has 2 fully saturated rings. The Balaban J connectivity index is 1.46. The van der Waals surface area contributed by atoms with Crippen LogP contribution in [0.15, 0.2) is 24.3 Å². The average Bonchev–Trinajstić information content (AvgIpc) is 2.99. The van der Waals surface area contributed by atoms with Gasteiger partial charge in [-0.25, -0.2) is 8.42 Å². The molecule has 2 heterocycles. The molecule has 25 heavy (non-hydrogen) atoms. The van der Waals surface area contributed by atoms with Gasteiger partial charge in [0.1, 0.15) is 5.75 Å². The van der Waals surface area contributed by atoms with Crippen molar-refractivity contribution in [2.24, 2.45) is 0 Å². The van der Waals surface area contributed by atoms with E-state index in [2.05, 4.69) is 11.0 Å². The van der Waals surface area contributed by atoms with E-state index < -0.39 is 9.84 Å². The van der Waals surface area contributed by atoms with Crippen molar-refractivity contribution < 1.29 is 17.9 Å². The number of benzene rings is 1. The number of methoxy groups -OCH3 is 1. The Kier molecular flexibility index (Phi) is 5.78. The highest BCUT2D eigenvalue weighted by atomic mass is 32.2. The third kappa shape index (κ3) is 4.82. The van der Waals surface area contributed by atoms with Gasteiger partial charge in [-0.1, -0.05) is 6.07 Å². The number of hydrogen-bond donors (Lipinski definition) is 0. The number of carbonyl (C=O) groups excluding carboxylic acids is 1. The molecule has 8 heteroatoms. The van der Waals surface area contributed by atoms with Crippen LogP contribution >= 0.6 is 11.8 Å². The zero-order chi connectivity index (χ0) is 17.9. The van der Waals surface area contributed by atoms with Gasteiger partial charge < -0.3 is 14.5 Å². The maximum atomic E-state index is 12.4. The van der Waals surface area contributed by atoms with Crippen molar-refractivity contribution in [1.29, 1.82) is 0 Å². The molecule has 2 aliphatic rings. The van der Waals surface area contributed by atoms with Gasteiger partial charge >= 0.3 is 0 Å². The molecule has 3 rings (SSSR count). The molecule has 1 aromatic carbocycles. The molecule has 0 bridgehead atoms. The summed E-state index contributed by atoms with van der Waals surface area (Å²) in [4.78, 5) is 16.5. The minimum absolute atomic E-state index is 0.0759. The maximum absolute atomic E-state index is 12.4. The van der Waals surface area contributed by atoms with Crippen molar-refractivity contribution in [2.45, 2.75) is 11.7 Å². The molecule has 2 aliphatic heterocycles. The predicted octanol–water partition coefficient (Wildman–Crippen LogP) is 1.26. The van der Waals surface area contributed by atoms with Gasteiger partial charge in [-0.15, -0.1) is 11.8 Å². The number of piperazine rings is 1. The predicted molar refractivity (Wildman–Crippen MR) is 101 cm³/mol. The number of rotatable bonds is 5. The van der Waals surface area contributed by atoms with Crippen molar-refractivity contribution in [1.82, 2.24) is 4.90 Å². The van der Waals surface area contributed by atoms with Crippen LogP contribution in [0.3, 0.4) is 0 Å². The van der Waals surface area contributed by atoms with Crippen molar-refractivity contribution in [2.75, 3.05) is 55.4 Å². The highest BCUT2D eigenvalue weighted by Crippen LogP contribution is 2.25. The number of carbonyl (C=O) groups is 1. The van der Waals surface area contributed by atoms with E-state index in [4.69, 9.17) is 4.74 Å². The lowest BCUT2D eigenvalue weighted by Gasteiger charge is -2.36. The molecule has 0 unspecified atom stereocenters. The first-order valence-corrected chi connectivity index (χ1v) is 11.3. The molecular weight excluding hydrogens is 360 g/mol. The van der Waals surface area contributed by atoms with E-state index in [1.54, 1.807) is 7.11 Å². The van der Waals surface area contributed by atoms with E-state index >= 15 is 0 Å². The smallest absolute Gasteiger partial charge is 0.232 e. The summed E-state index contributed by atoms with van der Waals surface area (Å²) in [5.41, 5.74) is 1.11. The van der Waals surface area contributed by atoms with Crippen molar-refractivity contribution in [3.05, 3.63) is 24.3 Å². The van der Waals surface area contributed by atoms with Crippen LogP contribution < -0.4 is 9.64 Å². The molecular formula is C17H24N2O4S2. The summed E-state index contributed by atoms with van der Waals surface area (Å²) >= 11 is 1.49. The molecule has 0 aromatic heterocycles. The van der Waals surface area contributed by atoms with E-state index in [0.717, 1.165) is 24.5 Å². The van der Waals surface area contributed by atoms with E-state index in [1.807, 2.05) is 23.1 Å². The minimum atomic E-state index is -2.87. The third-order valence-electron chi connectivity index (χ3n) is 4.68. The molecule has 2 saturated heterocycles. The van der Waals surface area contributed by atoms with Gasteiger partial charge in [0.2, 0.25) is 5.91 Å². The zero-order valence-electron chi connectivity index (χ0n) is 14.4. The molecule has 0 saturated carbocycles. The summed E-state index contributed by atoms with van der Waals surface area (Å²) in [5.74, 6) is 1.80. The first kappa shape index (κ1) is 18.4. The maximum Gasteiger partial charge on any atom is 0.232 e. The fraction of sp³-hybridized carbons (Fsp3) is 0.588. The number of amides is 1. The first-order valence-electron chi connectivity index (χ1n) is 8.46. The Hall–Kier alpha value is -1.41. The molecule has 138 valence electrons. The number of sulfone groups is 1. The highest BCUT2D eigenvalue weighted by molar-refractivity contribution is 8.02. The summed E-state index contributed by atoms with van der Waals surface area (Å²) in [6.07, 6.45) is 0.671. The fourth-order valence-corrected chi connectivity index (χ4v) is 6.74. The van der Waals surface area contributed by atoms with Crippen LogP contribution in [0.2, 0.25) is 0 Å². The van der Waals surface area contributed by atoms with Crippen LogP contribution in [0.25, 0.3) is 0 Å². The summed E-state index contributed by atoms with van der Waals surface area (Å²) < 4.78 is 28.2. The zero-order valence-corrected chi connectivity index (χ0v) is 16.0. The molecule has 0 spiro atoms. The van der Waals surface area contributed by atoms with Crippen LogP contribution in [0.1, 0.15) is 6.42 Å². The fourth-order valence-electron chi connectivity index (χ4n) is 3.19. The van der Waals surface area contributed by atoms with Gasteiger partial charge in [-0.2, -0.15) is 0 Å². The Labute approximate surface area is 153 Å². The molecule has 6 nitrogen and oxygen atoms in total. The lowest BCUT2D eigenvalue weighted by atomic mass is 10.2. The quantitative estimate of drug-likeness (QED) is 0.762. The van der Waals surface area contributed by atoms with Gasteiger partial charge in [-0.05, 0) is 18.6 Å². The lowest BCUT2D eigenvalue weighted by Crippen LogP contribution is -2.49. The minimum Gasteiger partial charge on any atom is -0.497 e. The number of ether oxygens (including phenoxy) is 1. The molecule has 1 amide bonds. The monoisotopic (exact) mass is 384 g/mol. The molecule has 1 atom stereocenters. The SMILES string of the molecule is COc1cccc(N2CCN(C(=O)CS[C@@H]3CCS(=O)(=O)C3)CC2)c1. The Bertz CT molecular complexity index is 715. The van der Waals surface area contributed by atoms with Crippen LogP contribution in [0, 0.1) is 0 Å². The number of nitrogens with zero attached hydrogens (tertiary/aromatic N) is 2. The van der Waals surface area contributed by atoms with E-state index in [-0.39, 0.29) is 22.7 Å². The Morgan fingerprint density at radius 1 is 1.28 bits per heavy atom. The van der Waals surface area contributed by atoms with Gasteiger partial charge in [-0.3, -0.25) is 4.79 Å². The van der Waals surface area contributed by atoms with E-state index in [1.165, 1.54) is 11.8 Å². The van der Waals surface area contributed by atoms with Gasteiger partial charge in [0, 0.05) is 43.2 Å². The molecule has 0 N–H and O–H groups in total. The number of hydrogen-bond acceptors (Lipinski definition) is 6. The van der Waals surface area contributed by atoms with Crippen LogP contribution in [0.5, 0.6) is 5.75 Å². The van der Waals surface area contributed by atoms with Crippen LogP contribution in [-0.4, -0.2) is 75.0 Å². The average molecular weight is 385 g/mol. The molecule has 0 radical (unpaired) electrons. The molecule has 1 aromatic rings. The second-order valence-electron chi connectivity index (χ2n) is 6.41. The second-order valence-corrected chi connectivity index (χ2v) is 9.92. The lowest BCUT2D eigenvalue weighted by molar-refractivity contribution is -0.128. The van der Waals surface area contributed by atoms with E-state index in [0.29, 0.717) is 25.3 Å². The summed E-state index contributed by atoms with van der Waals surface area (Å²) in [6.45, 7) is 2.97. The van der Waals surface area contributed by atoms with E-state index in [9.17, 15) is 13.2 Å². The number of thioether (sulfide) groups is 1. The van der Waals surface area contributed by atoms with Crippen molar-refractivity contribution >= 4 is 33.2 Å². The van der Waals surface area contributed by atoms with Gasteiger partial charge in [0.15, 0.2) is 9.84 Å². The third-order valence-corrected chi connectivity index (χ3v) is 7.95. The van der Waals surface area contributed by atoms with Crippen LogP contribution in [0.4, 0.5) is 5.69 Å². The molecule has 0 aliphatic carbocycles. The summed E-state index contributed by atoms with van der Waals surface area (Å²) in [5, 5.41) is 0.0759. The second kappa shape index (κ2) is 7.86. The van der Waals surface area contributed by atoms with Crippen molar-refractivity contribution in [3.8, 4) is 5.75 Å². The highest BCUT2D eigenvalue weighted by Gasteiger charge is 2.29. The van der Waals surface area contributed by atoms with Gasteiger partial charge in [0.05, 0.1) is 24.4 Å². The Morgan fingerprint density at radius 3 is 2.68 bits per heavy atom. The summed E-state index contributed by atoms with van der Waals surface area (Å²) in [6, 6.07) is 7.95. The normalized spacial score (nSPS) is 22.8. The number of anilines is 1. The van der Waals surface area contributed by atoms with Crippen LogP contribution in [-0.2, 0) is 14.6 Å².